The predicted octanol–water partition coefficient (Wildman–Crippen LogP) is 1.82. The number of anilines is 1. The van der Waals surface area contributed by atoms with Crippen LogP contribution in [0.5, 0.6) is 6.01 Å². The third-order valence-corrected chi connectivity index (χ3v) is 4.40. The van der Waals surface area contributed by atoms with Gasteiger partial charge >= 0.3 is 6.01 Å². The molecule has 0 aromatic carbocycles. The average Bonchev–Trinajstić information content (AvgIpc) is 2.92. The number of ether oxygens (including phenoxy) is 1. The highest BCUT2D eigenvalue weighted by atomic mass is 16.5. The standard InChI is InChI=1S/C16H26N6O/c1-3-4-11(2)23-16-20-14(17)15-19-10-13(22(15)21-16)9-12-5-7-18-8-6-12/h10-12,18H,3-9H2,1-2H3,(H2,17,20,21)/t11-/m0/s1. The Morgan fingerprint density at radius 3 is 2.96 bits per heavy atom. The highest BCUT2D eigenvalue weighted by Crippen LogP contribution is 2.21. The van der Waals surface area contributed by atoms with E-state index in [0.717, 1.165) is 38.0 Å². The van der Waals surface area contributed by atoms with Crippen molar-refractivity contribution in [1.82, 2.24) is 24.9 Å². The first-order valence-corrected chi connectivity index (χ1v) is 8.55. The van der Waals surface area contributed by atoms with Crippen molar-refractivity contribution in [2.45, 2.75) is 52.1 Å². The highest BCUT2D eigenvalue weighted by molar-refractivity contribution is 5.59. The summed E-state index contributed by atoms with van der Waals surface area (Å²) in [5.74, 6) is 1.03. The van der Waals surface area contributed by atoms with Gasteiger partial charge in [-0.1, -0.05) is 13.3 Å². The van der Waals surface area contributed by atoms with Crippen LogP contribution in [0, 0.1) is 5.92 Å². The molecule has 1 saturated heterocycles. The summed E-state index contributed by atoms with van der Waals surface area (Å²) >= 11 is 0. The zero-order chi connectivity index (χ0) is 16.2. The summed E-state index contributed by atoms with van der Waals surface area (Å²) in [7, 11) is 0. The van der Waals surface area contributed by atoms with Crippen molar-refractivity contribution in [3.8, 4) is 6.01 Å². The minimum atomic E-state index is 0.0771. The van der Waals surface area contributed by atoms with Crippen LogP contribution in [0.25, 0.3) is 5.65 Å². The number of aromatic nitrogens is 4. The molecule has 0 spiro atoms. The van der Waals surface area contributed by atoms with Crippen molar-refractivity contribution in [3.63, 3.8) is 0 Å². The van der Waals surface area contributed by atoms with Gasteiger partial charge in [-0.2, -0.15) is 4.98 Å². The van der Waals surface area contributed by atoms with Crippen molar-refractivity contribution in [1.29, 1.82) is 0 Å². The zero-order valence-electron chi connectivity index (χ0n) is 14.0. The number of hydrogen-bond donors (Lipinski definition) is 2. The van der Waals surface area contributed by atoms with Crippen molar-refractivity contribution < 1.29 is 4.74 Å². The first-order chi connectivity index (χ1) is 11.2. The molecule has 1 fully saturated rings. The molecule has 0 aliphatic carbocycles. The molecule has 2 aromatic rings. The van der Waals surface area contributed by atoms with Gasteiger partial charge < -0.3 is 15.8 Å². The summed E-state index contributed by atoms with van der Waals surface area (Å²) in [4.78, 5) is 8.62. The molecule has 0 saturated carbocycles. The normalized spacial score (nSPS) is 17.5. The van der Waals surface area contributed by atoms with Gasteiger partial charge in [0, 0.05) is 0 Å². The quantitative estimate of drug-likeness (QED) is 0.844. The molecule has 1 atom stereocenters. The fourth-order valence-electron chi connectivity index (χ4n) is 3.14. The van der Waals surface area contributed by atoms with Gasteiger partial charge in [-0.3, -0.25) is 0 Å². The number of nitrogen functional groups attached to an aromatic ring is 1. The van der Waals surface area contributed by atoms with Gasteiger partial charge in [0.15, 0.2) is 11.5 Å². The van der Waals surface area contributed by atoms with E-state index in [2.05, 4.69) is 27.3 Å². The van der Waals surface area contributed by atoms with E-state index in [9.17, 15) is 0 Å². The lowest BCUT2D eigenvalue weighted by Crippen LogP contribution is -2.29. The Hall–Kier alpha value is -1.89. The smallest absolute Gasteiger partial charge is 0.336 e. The maximum atomic E-state index is 6.03. The molecule has 0 bridgehead atoms. The lowest BCUT2D eigenvalue weighted by molar-refractivity contribution is 0.189. The molecule has 1 aliphatic heterocycles. The van der Waals surface area contributed by atoms with E-state index in [4.69, 9.17) is 10.5 Å². The maximum absolute atomic E-state index is 6.03. The average molecular weight is 318 g/mol. The minimum Gasteiger partial charge on any atom is -0.459 e. The van der Waals surface area contributed by atoms with E-state index in [1.165, 1.54) is 12.8 Å². The van der Waals surface area contributed by atoms with Crippen LogP contribution in [-0.2, 0) is 6.42 Å². The van der Waals surface area contributed by atoms with Gasteiger partial charge in [-0.05, 0) is 51.6 Å². The molecular weight excluding hydrogens is 292 g/mol. The Morgan fingerprint density at radius 2 is 2.22 bits per heavy atom. The number of nitrogens with zero attached hydrogens (tertiary/aromatic N) is 4. The number of nitrogens with one attached hydrogen (secondary N) is 1. The van der Waals surface area contributed by atoms with Crippen molar-refractivity contribution in [2.24, 2.45) is 5.92 Å². The summed E-state index contributed by atoms with van der Waals surface area (Å²) in [6, 6.07) is 0.334. The second kappa shape index (κ2) is 7.12. The molecule has 1 aliphatic rings. The summed E-state index contributed by atoms with van der Waals surface area (Å²) in [6.45, 7) is 6.32. The Bertz CT molecular complexity index is 649. The van der Waals surface area contributed by atoms with E-state index < -0.39 is 0 Å². The van der Waals surface area contributed by atoms with Crippen LogP contribution in [0.15, 0.2) is 6.20 Å². The van der Waals surface area contributed by atoms with Crippen molar-refractivity contribution in [2.75, 3.05) is 18.8 Å². The Balaban J connectivity index is 1.83. The molecule has 0 unspecified atom stereocenters. The SMILES string of the molecule is CCC[C@H](C)Oc1nc(N)c2ncc(CC3CCNCC3)n2n1. The van der Waals surface area contributed by atoms with Crippen LogP contribution in [0.1, 0.15) is 45.2 Å². The van der Waals surface area contributed by atoms with Gasteiger partial charge in [0.1, 0.15) is 0 Å². The first-order valence-electron chi connectivity index (χ1n) is 8.55. The lowest BCUT2D eigenvalue weighted by atomic mass is 9.93. The number of hydrogen-bond acceptors (Lipinski definition) is 6. The van der Waals surface area contributed by atoms with Crippen LogP contribution in [0.2, 0.25) is 0 Å². The molecule has 3 heterocycles. The maximum Gasteiger partial charge on any atom is 0.336 e. The van der Waals surface area contributed by atoms with Gasteiger partial charge in [0.25, 0.3) is 0 Å². The third kappa shape index (κ3) is 3.72. The molecule has 7 heteroatoms. The number of rotatable bonds is 6. The van der Waals surface area contributed by atoms with Crippen LogP contribution in [0.4, 0.5) is 5.82 Å². The van der Waals surface area contributed by atoms with E-state index in [1.807, 2.05) is 13.1 Å². The third-order valence-electron chi connectivity index (χ3n) is 4.40. The summed E-state index contributed by atoms with van der Waals surface area (Å²) in [5.41, 5.74) is 7.72. The van der Waals surface area contributed by atoms with E-state index in [-0.39, 0.29) is 6.10 Å². The lowest BCUT2D eigenvalue weighted by Gasteiger charge is -2.22. The minimum absolute atomic E-state index is 0.0771. The molecule has 0 amide bonds. The molecule has 126 valence electrons. The summed E-state index contributed by atoms with van der Waals surface area (Å²) in [6.07, 6.45) is 7.30. The van der Waals surface area contributed by atoms with Crippen LogP contribution in [0.3, 0.4) is 0 Å². The fraction of sp³-hybridized carbons (Fsp3) is 0.688. The second-order valence-electron chi connectivity index (χ2n) is 6.38. The first kappa shape index (κ1) is 16.0. The van der Waals surface area contributed by atoms with Crippen LogP contribution < -0.4 is 15.8 Å². The van der Waals surface area contributed by atoms with E-state index in [1.54, 1.807) is 4.52 Å². The topological polar surface area (TPSA) is 90.4 Å². The molecule has 2 aromatic heterocycles. The molecule has 7 nitrogen and oxygen atoms in total. The zero-order valence-corrected chi connectivity index (χ0v) is 14.0. The Morgan fingerprint density at radius 1 is 1.43 bits per heavy atom. The summed E-state index contributed by atoms with van der Waals surface area (Å²) in [5, 5.41) is 7.90. The molecule has 3 N–H and O–H groups in total. The number of piperidine rings is 1. The largest absolute Gasteiger partial charge is 0.459 e. The Kier molecular flexibility index (Phi) is 4.95. The van der Waals surface area contributed by atoms with Gasteiger partial charge in [0.2, 0.25) is 0 Å². The van der Waals surface area contributed by atoms with Crippen LogP contribution >= 0.6 is 0 Å². The summed E-state index contributed by atoms with van der Waals surface area (Å²) < 4.78 is 7.60. The fourth-order valence-corrected chi connectivity index (χ4v) is 3.14. The van der Waals surface area contributed by atoms with E-state index in [0.29, 0.717) is 23.4 Å². The van der Waals surface area contributed by atoms with Crippen molar-refractivity contribution in [3.05, 3.63) is 11.9 Å². The highest BCUT2D eigenvalue weighted by Gasteiger charge is 2.18. The van der Waals surface area contributed by atoms with Gasteiger partial charge in [-0.15, -0.1) is 5.10 Å². The van der Waals surface area contributed by atoms with Gasteiger partial charge in [-0.25, -0.2) is 9.50 Å². The molecule has 23 heavy (non-hydrogen) atoms. The second-order valence-corrected chi connectivity index (χ2v) is 6.38. The molecule has 3 rings (SSSR count). The van der Waals surface area contributed by atoms with Crippen LogP contribution in [-0.4, -0.2) is 38.8 Å². The van der Waals surface area contributed by atoms with E-state index >= 15 is 0 Å². The monoisotopic (exact) mass is 318 g/mol. The molecule has 0 radical (unpaired) electrons. The predicted molar refractivity (Wildman–Crippen MR) is 89.5 cm³/mol. The Labute approximate surface area is 136 Å². The van der Waals surface area contributed by atoms with Gasteiger partial charge in [0.05, 0.1) is 18.0 Å². The number of nitrogens with two attached hydrogens (primary N) is 1. The number of imidazole rings is 1. The van der Waals surface area contributed by atoms with Crippen molar-refractivity contribution >= 4 is 11.5 Å². The number of fused-ring (bicyclic) bond motifs is 1. The molecular formula is C16H26N6O.